The Morgan fingerprint density at radius 1 is 1.37 bits per heavy atom. The summed E-state index contributed by atoms with van der Waals surface area (Å²) >= 11 is 6.03. The fourth-order valence-electron chi connectivity index (χ4n) is 3.34. The van der Waals surface area contributed by atoms with Crippen molar-refractivity contribution in [1.82, 2.24) is 25.7 Å². The van der Waals surface area contributed by atoms with Gasteiger partial charge in [0.1, 0.15) is 0 Å². The third kappa shape index (κ3) is 6.97. The van der Waals surface area contributed by atoms with Gasteiger partial charge in [-0.1, -0.05) is 28.9 Å². The molecule has 0 atom stereocenters. The van der Waals surface area contributed by atoms with Gasteiger partial charge in [-0.15, -0.1) is 0 Å². The van der Waals surface area contributed by atoms with Crippen molar-refractivity contribution in [2.45, 2.75) is 45.4 Å². The third-order valence-electron chi connectivity index (χ3n) is 4.97. The number of aliphatic imine (C=N–C) groups is 1. The van der Waals surface area contributed by atoms with Crippen LogP contribution in [0.15, 0.2) is 33.8 Å². The zero-order chi connectivity index (χ0) is 21.3. The fraction of sp³-hybridized carbons (Fsp3) is 0.571. The van der Waals surface area contributed by atoms with Gasteiger partial charge in [-0.3, -0.25) is 4.99 Å². The van der Waals surface area contributed by atoms with Crippen LogP contribution in [0.4, 0.5) is 0 Å². The first-order chi connectivity index (χ1) is 14.5. The molecule has 0 spiro atoms. The molecule has 9 heteroatoms. The van der Waals surface area contributed by atoms with Crippen LogP contribution in [0.2, 0.25) is 5.02 Å². The van der Waals surface area contributed by atoms with Gasteiger partial charge in [-0.2, -0.15) is 4.98 Å². The molecular formula is C21H31ClN6O2. The van der Waals surface area contributed by atoms with Crippen LogP contribution in [0.25, 0.3) is 11.4 Å². The number of nitrogens with one attached hydrogen (secondary N) is 2. The van der Waals surface area contributed by atoms with Gasteiger partial charge >= 0.3 is 0 Å². The molecule has 30 heavy (non-hydrogen) atoms. The lowest BCUT2D eigenvalue weighted by molar-refractivity contribution is 0.0532. The molecule has 0 radical (unpaired) electrons. The molecule has 8 nitrogen and oxygen atoms in total. The normalized spacial score (nSPS) is 16.2. The maximum absolute atomic E-state index is 6.03. The van der Waals surface area contributed by atoms with Crippen molar-refractivity contribution in [2.75, 3.05) is 33.3 Å². The smallest absolute Gasteiger partial charge is 0.246 e. The van der Waals surface area contributed by atoms with E-state index in [1.54, 1.807) is 7.05 Å². The molecule has 1 aromatic heterocycles. The average molecular weight is 435 g/mol. The molecule has 164 valence electrons. The molecule has 2 heterocycles. The van der Waals surface area contributed by atoms with Crippen molar-refractivity contribution in [1.29, 1.82) is 0 Å². The Morgan fingerprint density at radius 3 is 2.87 bits per heavy atom. The van der Waals surface area contributed by atoms with Crippen LogP contribution in [-0.4, -0.2) is 66.4 Å². The Labute approximate surface area is 183 Å². The number of piperidine rings is 1. The van der Waals surface area contributed by atoms with Crippen LogP contribution >= 0.6 is 11.6 Å². The monoisotopic (exact) mass is 434 g/mol. The summed E-state index contributed by atoms with van der Waals surface area (Å²) in [5.41, 5.74) is 0.825. The number of guanidine groups is 1. The van der Waals surface area contributed by atoms with Crippen LogP contribution in [0.5, 0.6) is 0 Å². The molecule has 1 fully saturated rings. The topological polar surface area (TPSA) is 87.8 Å². The number of halogens is 1. The first-order valence-corrected chi connectivity index (χ1v) is 10.8. The zero-order valence-electron chi connectivity index (χ0n) is 17.9. The van der Waals surface area contributed by atoms with E-state index in [9.17, 15) is 0 Å². The third-order valence-corrected chi connectivity index (χ3v) is 5.20. The van der Waals surface area contributed by atoms with E-state index in [2.05, 4.69) is 44.5 Å². The molecule has 2 N–H and O–H groups in total. The molecule has 0 saturated carbocycles. The fourth-order valence-corrected chi connectivity index (χ4v) is 3.53. The van der Waals surface area contributed by atoms with E-state index in [4.69, 9.17) is 20.9 Å². The van der Waals surface area contributed by atoms with Crippen LogP contribution in [0.3, 0.4) is 0 Å². The molecule has 1 aliphatic rings. The number of hydrogen-bond acceptors (Lipinski definition) is 6. The van der Waals surface area contributed by atoms with Gasteiger partial charge in [0.15, 0.2) is 5.96 Å². The predicted molar refractivity (Wildman–Crippen MR) is 119 cm³/mol. The molecule has 1 aliphatic heterocycles. The Hall–Kier alpha value is -2.16. The van der Waals surface area contributed by atoms with Gasteiger partial charge in [-0.25, -0.2) is 0 Å². The first kappa shape index (κ1) is 22.5. The van der Waals surface area contributed by atoms with Crippen molar-refractivity contribution in [3.05, 3.63) is 35.2 Å². The van der Waals surface area contributed by atoms with Crippen molar-refractivity contribution < 1.29 is 9.26 Å². The summed E-state index contributed by atoms with van der Waals surface area (Å²) in [4.78, 5) is 11.2. The largest absolute Gasteiger partial charge is 0.377 e. The highest BCUT2D eigenvalue weighted by atomic mass is 35.5. The number of aromatic nitrogens is 2. The molecule has 0 unspecified atom stereocenters. The number of ether oxygens (including phenoxy) is 1. The van der Waals surface area contributed by atoms with E-state index in [1.165, 1.54) is 0 Å². The number of rotatable bonds is 8. The second kappa shape index (κ2) is 11.3. The van der Waals surface area contributed by atoms with Crippen molar-refractivity contribution in [3.8, 4) is 11.4 Å². The molecule has 0 bridgehead atoms. The predicted octanol–water partition coefficient (Wildman–Crippen LogP) is 2.94. The molecule has 2 aromatic rings. The summed E-state index contributed by atoms with van der Waals surface area (Å²) in [5.74, 6) is 1.75. The summed E-state index contributed by atoms with van der Waals surface area (Å²) in [6.07, 6.45) is 2.43. The van der Waals surface area contributed by atoms with Crippen LogP contribution < -0.4 is 10.6 Å². The van der Waals surface area contributed by atoms with E-state index in [-0.39, 0.29) is 0 Å². The lowest BCUT2D eigenvalue weighted by atomic mass is 10.1. The Balaban J connectivity index is 1.42. The highest BCUT2D eigenvalue weighted by Crippen LogP contribution is 2.19. The van der Waals surface area contributed by atoms with Gasteiger partial charge in [0.25, 0.3) is 0 Å². The Kier molecular flexibility index (Phi) is 8.48. The Morgan fingerprint density at radius 2 is 2.17 bits per heavy atom. The minimum Gasteiger partial charge on any atom is -0.377 e. The molecule has 1 aromatic carbocycles. The van der Waals surface area contributed by atoms with Gasteiger partial charge < -0.3 is 24.8 Å². The molecule has 1 saturated heterocycles. The number of benzene rings is 1. The zero-order valence-corrected chi connectivity index (χ0v) is 18.7. The van der Waals surface area contributed by atoms with Crippen molar-refractivity contribution in [2.24, 2.45) is 4.99 Å². The molecule has 3 rings (SSSR count). The quantitative estimate of drug-likeness (QED) is 0.487. The minimum atomic E-state index is 0.291. The number of nitrogens with zero attached hydrogens (tertiary/aromatic N) is 4. The minimum absolute atomic E-state index is 0.291. The van der Waals surface area contributed by atoms with Gasteiger partial charge in [0.2, 0.25) is 11.7 Å². The van der Waals surface area contributed by atoms with E-state index < -0.39 is 0 Å². The highest BCUT2D eigenvalue weighted by Gasteiger charge is 2.20. The van der Waals surface area contributed by atoms with Crippen molar-refractivity contribution >= 4 is 17.6 Å². The summed E-state index contributed by atoms with van der Waals surface area (Å²) in [7, 11) is 1.76. The summed E-state index contributed by atoms with van der Waals surface area (Å²) in [6.45, 7) is 8.44. The number of hydrogen-bond donors (Lipinski definition) is 2. The second-order valence-electron chi connectivity index (χ2n) is 7.63. The summed E-state index contributed by atoms with van der Waals surface area (Å²) < 4.78 is 11.0. The standard InChI is InChI=1S/C21H31ClN6O2/c1-15(2)29-12-11-28-9-7-18(8-10-28)25-21(23-3)24-14-19-26-20(27-30-19)16-5-4-6-17(22)13-16/h4-6,13,15,18H,7-12,14H2,1-3H3,(H2,23,24,25). The van der Waals surface area contributed by atoms with Crippen LogP contribution in [0.1, 0.15) is 32.6 Å². The average Bonchev–Trinajstić information content (AvgIpc) is 3.21. The highest BCUT2D eigenvalue weighted by molar-refractivity contribution is 6.30. The van der Waals surface area contributed by atoms with Gasteiger partial charge in [-0.05, 0) is 38.8 Å². The van der Waals surface area contributed by atoms with E-state index in [0.717, 1.165) is 50.6 Å². The second-order valence-corrected chi connectivity index (χ2v) is 8.06. The lowest BCUT2D eigenvalue weighted by Crippen LogP contribution is -2.49. The van der Waals surface area contributed by atoms with E-state index in [1.807, 2.05) is 24.3 Å². The SMILES string of the molecule is CN=C(NCc1nc(-c2cccc(Cl)c2)no1)NC1CCN(CCOC(C)C)CC1. The lowest BCUT2D eigenvalue weighted by Gasteiger charge is -2.33. The maximum Gasteiger partial charge on any atom is 0.246 e. The van der Waals surface area contributed by atoms with Gasteiger partial charge in [0.05, 0.1) is 19.3 Å². The van der Waals surface area contributed by atoms with E-state index in [0.29, 0.717) is 35.4 Å². The molecule has 0 aliphatic carbocycles. The molecule has 0 amide bonds. The maximum atomic E-state index is 6.03. The van der Waals surface area contributed by atoms with Gasteiger partial charge in [0, 0.05) is 43.3 Å². The summed E-state index contributed by atoms with van der Waals surface area (Å²) in [5, 5.41) is 11.4. The number of likely N-dealkylation sites (tertiary alicyclic amines) is 1. The summed E-state index contributed by atoms with van der Waals surface area (Å²) in [6, 6.07) is 7.78. The van der Waals surface area contributed by atoms with Crippen LogP contribution in [-0.2, 0) is 11.3 Å². The van der Waals surface area contributed by atoms with Crippen molar-refractivity contribution in [3.63, 3.8) is 0 Å². The first-order valence-electron chi connectivity index (χ1n) is 10.4. The van der Waals surface area contributed by atoms with Crippen LogP contribution in [0, 0.1) is 0 Å². The molecular weight excluding hydrogens is 404 g/mol. The Bertz CT molecular complexity index is 817. The van der Waals surface area contributed by atoms with E-state index >= 15 is 0 Å².